The zero-order chi connectivity index (χ0) is 34.4. The molecular weight excluding hydrogens is 612 g/mol. The number of likely N-dealkylation sites (tertiary alicyclic amines) is 2. The molecule has 2 aromatic heterocycles. The first kappa shape index (κ1) is 36.9. The second-order valence-electron chi connectivity index (χ2n) is 12.9. The predicted octanol–water partition coefficient (Wildman–Crippen LogP) is 4.42. The summed E-state index contributed by atoms with van der Waals surface area (Å²) in [6, 6.07) is 4.21. The number of aliphatic carboxylic acids is 1. The van der Waals surface area contributed by atoms with Crippen LogP contribution in [-0.2, 0) is 27.4 Å². The largest absolute Gasteiger partial charge is 0.480 e. The van der Waals surface area contributed by atoms with Crippen LogP contribution in [0.1, 0.15) is 70.7 Å². The number of carboxylic acid groups (broad SMARTS) is 1. The van der Waals surface area contributed by atoms with Crippen molar-refractivity contribution in [1.29, 1.82) is 0 Å². The fourth-order valence-corrected chi connectivity index (χ4v) is 5.52. The maximum absolute atomic E-state index is 12.9. The molecule has 0 spiro atoms. The molecule has 0 aliphatic carbocycles. The van der Waals surface area contributed by atoms with E-state index in [9.17, 15) is 41.8 Å². The van der Waals surface area contributed by atoms with E-state index in [-0.39, 0.29) is 56.7 Å². The molecule has 2 atom stereocenters. The van der Waals surface area contributed by atoms with Crippen molar-refractivity contribution in [2.75, 3.05) is 32.8 Å². The maximum atomic E-state index is 12.9. The third kappa shape index (κ3) is 10.5. The smallest absolute Gasteiger partial charge is 0.329 e. The van der Waals surface area contributed by atoms with E-state index in [0.29, 0.717) is 24.9 Å². The first-order chi connectivity index (χ1) is 21.4. The Kier molecular flexibility index (Phi) is 12.4. The molecule has 2 aromatic rings. The van der Waals surface area contributed by atoms with Gasteiger partial charge in [-0.15, -0.1) is 0 Å². The van der Waals surface area contributed by atoms with Gasteiger partial charge in [-0.2, -0.15) is 0 Å². The molecule has 2 fully saturated rings. The van der Waals surface area contributed by atoms with Crippen LogP contribution >= 0.6 is 0 Å². The number of hydrogen-bond donors (Lipinski definition) is 1. The monoisotopic (exact) mass is 656 g/mol. The number of ether oxygens (including phenoxy) is 1. The normalized spacial score (nSPS) is 18.6. The van der Waals surface area contributed by atoms with Crippen LogP contribution in [0.5, 0.6) is 0 Å². The van der Waals surface area contributed by atoms with Crippen molar-refractivity contribution in [3.8, 4) is 0 Å². The summed E-state index contributed by atoms with van der Waals surface area (Å²) in [7, 11) is 0. The van der Waals surface area contributed by atoms with Crippen molar-refractivity contribution in [2.45, 2.75) is 84.5 Å². The Bertz CT molecular complexity index is 1460. The van der Waals surface area contributed by atoms with Crippen LogP contribution in [0.25, 0.3) is 0 Å². The minimum Gasteiger partial charge on any atom is -0.480 e. The van der Waals surface area contributed by atoms with Gasteiger partial charge in [-0.1, -0.05) is 39.8 Å². The van der Waals surface area contributed by atoms with Crippen molar-refractivity contribution in [3.05, 3.63) is 68.5 Å². The Morgan fingerprint density at radius 1 is 0.761 bits per heavy atom. The molecule has 10 nitrogen and oxygen atoms in total. The average molecular weight is 657 g/mol. The molecule has 2 aliphatic rings. The Labute approximate surface area is 265 Å². The van der Waals surface area contributed by atoms with Gasteiger partial charge in [0, 0.05) is 37.6 Å². The van der Waals surface area contributed by atoms with Gasteiger partial charge < -0.3 is 19.0 Å². The number of nitrogens with zero attached hydrogens (tertiary/aromatic N) is 4. The van der Waals surface area contributed by atoms with E-state index < -0.39 is 41.4 Å². The number of carbonyl (C=O) groups is 2. The minimum atomic E-state index is -2.64. The summed E-state index contributed by atoms with van der Waals surface area (Å²) in [4.78, 5) is 50.9. The standard InChI is InChI=1S/C17H24F2N2O3.C15H20F2N2O3/c1-4-24-16(23)14(7-12(2)3)21-9-13(5-6-15(21)22)8-20-10-17(18,19)11-20;1-10(2)5-12(14(21)22)19-7-11(3-4-13(19)20)6-18-8-15(16,17)9-18/h5-6,9,12,14H,4,7-8,10-11H2,1-3H3;3-4,7,10,12H,5-6,8-9H2,1-2H3,(H,21,22). The molecule has 2 unspecified atom stereocenters. The Morgan fingerprint density at radius 3 is 1.50 bits per heavy atom. The highest BCUT2D eigenvalue weighted by Crippen LogP contribution is 2.29. The van der Waals surface area contributed by atoms with Crippen LogP contribution in [0.15, 0.2) is 46.2 Å². The van der Waals surface area contributed by atoms with E-state index in [1.807, 2.05) is 27.7 Å². The van der Waals surface area contributed by atoms with Gasteiger partial charge in [0.1, 0.15) is 12.1 Å². The van der Waals surface area contributed by atoms with Gasteiger partial charge >= 0.3 is 11.9 Å². The number of pyridine rings is 2. The zero-order valence-electron chi connectivity index (χ0n) is 26.9. The predicted molar refractivity (Wildman–Crippen MR) is 163 cm³/mol. The van der Waals surface area contributed by atoms with E-state index in [0.717, 1.165) is 5.56 Å². The Balaban J connectivity index is 0.000000251. The van der Waals surface area contributed by atoms with Crippen LogP contribution in [0, 0.1) is 11.8 Å². The molecule has 46 heavy (non-hydrogen) atoms. The summed E-state index contributed by atoms with van der Waals surface area (Å²) in [6.45, 7) is 9.08. The van der Waals surface area contributed by atoms with Gasteiger partial charge in [0.25, 0.3) is 23.0 Å². The van der Waals surface area contributed by atoms with Crippen molar-refractivity contribution in [1.82, 2.24) is 18.9 Å². The molecule has 0 bridgehead atoms. The Morgan fingerprint density at radius 2 is 1.15 bits per heavy atom. The highest BCUT2D eigenvalue weighted by Gasteiger charge is 2.44. The van der Waals surface area contributed by atoms with E-state index in [4.69, 9.17) is 4.74 Å². The molecule has 2 saturated heterocycles. The average Bonchev–Trinajstić information content (AvgIpc) is 2.91. The summed E-state index contributed by atoms with van der Waals surface area (Å²) in [6.07, 6.45) is 3.87. The van der Waals surface area contributed by atoms with Gasteiger partial charge in [0.05, 0.1) is 32.8 Å². The van der Waals surface area contributed by atoms with Gasteiger partial charge in [-0.05, 0) is 42.7 Å². The molecule has 256 valence electrons. The fourth-order valence-electron chi connectivity index (χ4n) is 5.52. The Hall–Kier alpha value is -3.52. The summed E-state index contributed by atoms with van der Waals surface area (Å²) in [5.74, 6) is -6.46. The number of esters is 1. The van der Waals surface area contributed by atoms with E-state index >= 15 is 0 Å². The van der Waals surface area contributed by atoms with E-state index in [1.165, 1.54) is 27.5 Å². The minimum absolute atomic E-state index is 0.116. The van der Waals surface area contributed by atoms with Gasteiger partial charge in [-0.3, -0.25) is 19.4 Å². The van der Waals surface area contributed by atoms with Crippen molar-refractivity contribution >= 4 is 11.9 Å². The molecule has 14 heteroatoms. The third-order valence-corrected chi connectivity index (χ3v) is 7.54. The number of halogens is 4. The van der Waals surface area contributed by atoms with Crippen LogP contribution in [-0.4, -0.2) is 80.6 Å². The number of aromatic nitrogens is 2. The number of rotatable bonds is 13. The van der Waals surface area contributed by atoms with Gasteiger partial charge in [0.15, 0.2) is 0 Å². The van der Waals surface area contributed by atoms with Crippen LogP contribution < -0.4 is 11.1 Å². The number of hydrogen-bond acceptors (Lipinski definition) is 7. The molecule has 1 N–H and O–H groups in total. The van der Waals surface area contributed by atoms with E-state index in [1.54, 1.807) is 35.1 Å². The van der Waals surface area contributed by atoms with E-state index in [2.05, 4.69) is 0 Å². The molecular formula is C32H44F4N4O6. The lowest BCUT2D eigenvalue weighted by Crippen LogP contribution is -2.55. The molecule has 0 saturated carbocycles. The van der Waals surface area contributed by atoms with Crippen molar-refractivity contribution in [3.63, 3.8) is 0 Å². The number of carboxylic acids is 1. The lowest BCUT2D eigenvalue weighted by atomic mass is 10.0. The summed E-state index contributed by atoms with van der Waals surface area (Å²) >= 11 is 0. The zero-order valence-corrected chi connectivity index (χ0v) is 26.9. The van der Waals surface area contributed by atoms with Crippen LogP contribution in [0.4, 0.5) is 17.6 Å². The van der Waals surface area contributed by atoms with Gasteiger partial charge in [0.2, 0.25) is 0 Å². The highest BCUT2D eigenvalue weighted by molar-refractivity contribution is 5.74. The second kappa shape index (κ2) is 15.4. The lowest BCUT2D eigenvalue weighted by molar-refractivity contribution is -0.148. The SMILES string of the molecule is CC(C)CC(C(=O)O)n1cc(CN2CC(F)(F)C2)ccc1=O.CCOC(=O)C(CC(C)C)n1cc(CN2CC(F)(F)C2)ccc1=O. The summed E-state index contributed by atoms with van der Waals surface area (Å²) in [5.41, 5.74) is 0.686. The molecule has 0 amide bonds. The van der Waals surface area contributed by atoms with Crippen LogP contribution in [0.3, 0.4) is 0 Å². The lowest BCUT2D eigenvalue weighted by Gasteiger charge is -2.38. The number of alkyl halides is 4. The summed E-state index contributed by atoms with van der Waals surface area (Å²) in [5, 5.41) is 9.33. The maximum Gasteiger partial charge on any atom is 0.329 e. The first-order valence-corrected chi connectivity index (χ1v) is 15.4. The van der Waals surface area contributed by atoms with Crippen molar-refractivity contribution < 1.29 is 37.0 Å². The van der Waals surface area contributed by atoms with Crippen LogP contribution in [0.2, 0.25) is 0 Å². The topological polar surface area (TPSA) is 114 Å². The highest BCUT2D eigenvalue weighted by atomic mass is 19.3. The molecule has 4 rings (SSSR count). The summed E-state index contributed by atoms with van der Waals surface area (Å²) < 4.78 is 59.2. The third-order valence-electron chi connectivity index (χ3n) is 7.54. The molecule has 0 aromatic carbocycles. The quantitative estimate of drug-likeness (QED) is 0.249. The molecule has 2 aliphatic heterocycles. The van der Waals surface area contributed by atoms with Crippen molar-refractivity contribution in [2.24, 2.45) is 11.8 Å². The van der Waals surface area contributed by atoms with Gasteiger partial charge in [-0.25, -0.2) is 27.2 Å². The first-order valence-electron chi connectivity index (χ1n) is 15.4. The second-order valence-corrected chi connectivity index (χ2v) is 12.9. The number of carbonyl (C=O) groups excluding carboxylic acids is 1. The molecule has 0 radical (unpaired) electrons. The molecule has 4 heterocycles. The fraction of sp³-hybridized carbons (Fsp3) is 0.625.